The van der Waals surface area contributed by atoms with E-state index in [0.717, 1.165) is 23.9 Å². The van der Waals surface area contributed by atoms with Gasteiger partial charge in [0.05, 0.1) is 11.9 Å². The van der Waals surface area contributed by atoms with Gasteiger partial charge >= 0.3 is 35.9 Å². The molecule has 158 valence electrons. The maximum Gasteiger partial charge on any atom is 1.00 e. The average molecular weight is 441 g/mol. The fraction of sp³-hybridized carbons (Fsp3) is 0.300. The van der Waals surface area contributed by atoms with E-state index in [0.29, 0.717) is 6.04 Å². The van der Waals surface area contributed by atoms with Crippen molar-refractivity contribution in [2.75, 3.05) is 5.32 Å². The molecule has 0 bridgehead atoms. The van der Waals surface area contributed by atoms with Crippen molar-refractivity contribution in [1.82, 2.24) is 19.5 Å². The smallest absolute Gasteiger partial charge is 0.453 e. The molecule has 3 aromatic rings. The minimum absolute atomic E-state index is 0. The van der Waals surface area contributed by atoms with Crippen LogP contribution in [0.2, 0.25) is 0 Å². The molecule has 0 aromatic carbocycles. The van der Waals surface area contributed by atoms with Gasteiger partial charge in [0.25, 0.3) is 5.56 Å². The molecular weight excluding hydrogens is 422 g/mol. The largest absolute Gasteiger partial charge is 1.00 e. The molecular formula is C20H19F3N5NaO2. The first kappa shape index (κ1) is 24.8. The van der Waals surface area contributed by atoms with Gasteiger partial charge in [-0.2, -0.15) is 0 Å². The molecule has 1 aliphatic carbocycles. The number of hydrogen-bond donors (Lipinski definition) is 1. The van der Waals surface area contributed by atoms with E-state index in [-0.39, 0.29) is 35.1 Å². The van der Waals surface area contributed by atoms with Crippen LogP contribution >= 0.6 is 0 Å². The first-order chi connectivity index (χ1) is 14.4. The monoisotopic (exact) mass is 441 g/mol. The van der Waals surface area contributed by atoms with Gasteiger partial charge in [0, 0.05) is 18.3 Å². The number of anilines is 1. The number of ether oxygens (including phenoxy) is 1. The third-order valence-electron chi connectivity index (χ3n) is 4.28. The van der Waals surface area contributed by atoms with Crippen LogP contribution in [0.15, 0.2) is 59.9 Å². The SMILES string of the molecule is FC(F)(F)Oc1cn[c-]cn1.O=c1ccccn1-c1ccc(NC2CCCC2)nc1.[Na+]. The Kier molecular flexibility index (Phi) is 9.47. The van der Waals surface area contributed by atoms with Crippen LogP contribution in [0.4, 0.5) is 19.0 Å². The van der Waals surface area contributed by atoms with Gasteiger partial charge in [0.2, 0.25) is 0 Å². The fourth-order valence-electron chi connectivity index (χ4n) is 2.96. The molecule has 3 aromatic heterocycles. The number of nitrogens with zero attached hydrogens (tertiary/aromatic N) is 4. The van der Waals surface area contributed by atoms with Gasteiger partial charge in [-0.05, 0) is 37.2 Å². The van der Waals surface area contributed by atoms with E-state index in [2.05, 4.69) is 31.2 Å². The Morgan fingerprint density at radius 1 is 1.10 bits per heavy atom. The van der Waals surface area contributed by atoms with Gasteiger partial charge in [-0.1, -0.05) is 25.1 Å². The van der Waals surface area contributed by atoms with Gasteiger partial charge in [0.15, 0.2) is 5.88 Å². The topological polar surface area (TPSA) is 81.9 Å². The number of alkyl halides is 3. The second kappa shape index (κ2) is 11.8. The molecule has 0 spiro atoms. The van der Waals surface area contributed by atoms with Crippen molar-refractivity contribution in [3.8, 4) is 11.6 Å². The number of rotatable bonds is 4. The Bertz CT molecular complexity index is 978. The number of aromatic nitrogens is 4. The van der Waals surface area contributed by atoms with Crippen molar-refractivity contribution in [1.29, 1.82) is 0 Å². The van der Waals surface area contributed by atoms with E-state index in [9.17, 15) is 18.0 Å². The summed E-state index contributed by atoms with van der Waals surface area (Å²) in [6.45, 7) is 0. The number of nitrogens with one attached hydrogen (secondary N) is 1. The number of halogens is 3. The van der Waals surface area contributed by atoms with E-state index >= 15 is 0 Å². The van der Waals surface area contributed by atoms with Crippen molar-refractivity contribution < 1.29 is 47.5 Å². The van der Waals surface area contributed by atoms with E-state index in [1.807, 2.05) is 18.2 Å². The summed E-state index contributed by atoms with van der Waals surface area (Å²) >= 11 is 0. The first-order valence-electron chi connectivity index (χ1n) is 9.25. The zero-order chi connectivity index (χ0) is 21.4. The summed E-state index contributed by atoms with van der Waals surface area (Å²) in [5.41, 5.74) is 0.753. The van der Waals surface area contributed by atoms with Crippen LogP contribution in [0, 0.1) is 6.20 Å². The minimum Gasteiger partial charge on any atom is -0.453 e. The van der Waals surface area contributed by atoms with Crippen molar-refractivity contribution in [3.63, 3.8) is 0 Å². The van der Waals surface area contributed by atoms with Gasteiger partial charge in [-0.3, -0.25) is 14.3 Å². The molecule has 3 heterocycles. The van der Waals surface area contributed by atoms with E-state index in [1.54, 1.807) is 29.1 Å². The van der Waals surface area contributed by atoms with Crippen molar-refractivity contribution in [3.05, 3.63) is 71.7 Å². The molecule has 0 unspecified atom stereocenters. The maximum atomic E-state index is 11.7. The van der Waals surface area contributed by atoms with E-state index < -0.39 is 12.2 Å². The molecule has 0 saturated heterocycles. The Balaban J connectivity index is 0.000000245. The first-order valence-corrected chi connectivity index (χ1v) is 9.25. The molecule has 4 rings (SSSR count). The van der Waals surface area contributed by atoms with Crippen LogP contribution in [0.1, 0.15) is 25.7 Å². The van der Waals surface area contributed by atoms with Crippen LogP contribution in [0.25, 0.3) is 5.69 Å². The minimum atomic E-state index is -4.71. The van der Waals surface area contributed by atoms with Crippen LogP contribution in [-0.4, -0.2) is 31.9 Å². The zero-order valence-electron chi connectivity index (χ0n) is 16.8. The summed E-state index contributed by atoms with van der Waals surface area (Å²) in [5, 5.41) is 3.44. The summed E-state index contributed by atoms with van der Waals surface area (Å²) < 4.78 is 39.3. The Labute approximate surface area is 199 Å². The van der Waals surface area contributed by atoms with Crippen molar-refractivity contribution in [2.45, 2.75) is 38.1 Å². The quantitative estimate of drug-likeness (QED) is 0.476. The van der Waals surface area contributed by atoms with Crippen molar-refractivity contribution in [2.24, 2.45) is 0 Å². The van der Waals surface area contributed by atoms with Crippen LogP contribution in [-0.2, 0) is 0 Å². The summed E-state index contributed by atoms with van der Waals surface area (Å²) in [4.78, 5) is 22.6. The summed E-state index contributed by atoms with van der Waals surface area (Å²) in [6, 6.07) is 9.54. The zero-order valence-corrected chi connectivity index (χ0v) is 18.8. The fourth-order valence-corrected chi connectivity index (χ4v) is 2.96. The van der Waals surface area contributed by atoms with Crippen LogP contribution in [0.3, 0.4) is 0 Å². The second-order valence-corrected chi connectivity index (χ2v) is 6.47. The molecule has 1 fully saturated rings. The Morgan fingerprint density at radius 2 is 1.87 bits per heavy atom. The van der Waals surface area contributed by atoms with E-state index in [4.69, 9.17) is 0 Å². The summed E-state index contributed by atoms with van der Waals surface area (Å²) in [7, 11) is 0. The molecule has 0 atom stereocenters. The average Bonchev–Trinajstić information content (AvgIpc) is 3.22. The summed E-state index contributed by atoms with van der Waals surface area (Å²) in [5.74, 6) is 0.302. The molecule has 0 amide bonds. The molecule has 1 saturated carbocycles. The summed E-state index contributed by atoms with van der Waals surface area (Å²) in [6.07, 6.45) is 7.85. The molecule has 0 aliphatic heterocycles. The number of hydrogen-bond acceptors (Lipinski definition) is 6. The second-order valence-electron chi connectivity index (χ2n) is 6.47. The van der Waals surface area contributed by atoms with Gasteiger partial charge < -0.3 is 15.0 Å². The van der Waals surface area contributed by atoms with Gasteiger partial charge in [0.1, 0.15) is 5.82 Å². The predicted octanol–water partition coefficient (Wildman–Crippen LogP) is 0.766. The molecule has 1 N–H and O–H groups in total. The molecule has 1 aliphatic rings. The van der Waals surface area contributed by atoms with Gasteiger partial charge in [-0.25, -0.2) is 4.98 Å². The molecule has 31 heavy (non-hydrogen) atoms. The third kappa shape index (κ3) is 8.31. The number of pyridine rings is 2. The van der Waals surface area contributed by atoms with E-state index in [1.165, 1.54) is 25.7 Å². The van der Waals surface area contributed by atoms with Crippen molar-refractivity contribution >= 4 is 5.82 Å². The molecule has 7 nitrogen and oxygen atoms in total. The Hall–Kier alpha value is -2.43. The normalized spacial score (nSPS) is 13.5. The molecule has 0 radical (unpaired) electrons. The third-order valence-corrected chi connectivity index (χ3v) is 4.28. The molecule has 11 heteroatoms. The van der Waals surface area contributed by atoms with Crippen LogP contribution < -0.4 is 45.2 Å². The Morgan fingerprint density at radius 3 is 2.45 bits per heavy atom. The van der Waals surface area contributed by atoms with Gasteiger partial charge in [-0.15, -0.1) is 19.4 Å². The van der Waals surface area contributed by atoms with Crippen LogP contribution in [0.5, 0.6) is 5.88 Å². The maximum absolute atomic E-state index is 11.7. The predicted molar refractivity (Wildman–Crippen MR) is 103 cm³/mol. The standard InChI is InChI=1S/C15H17N3O.C5H2F3N2O.Na/c19-15-7-3-4-10-18(15)13-8-9-14(16-11-13)17-12-5-1-2-6-12;6-5(7,8)11-4-3-9-1-2-10-4;/h3-4,7-12H,1-2,5-6H2,(H,16,17);2-3H;/q;-1;+1.